The molecule has 0 N–H and O–H groups in total. The fourth-order valence-corrected chi connectivity index (χ4v) is 10.9. The first-order chi connectivity index (χ1) is 20.0. The van der Waals surface area contributed by atoms with Crippen molar-refractivity contribution < 1.29 is 0 Å². The molecule has 4 aromatic carbocycles. The third kappa shape index (κ3) is 4.31. The second-order valence-electron chi connectivity index (χ2n) is 15.1. The van der Waals surface area contributed by atoms with E-state index in [0.29, 0.717) is 10.8 Å². The average Bonchev–Trinajstić information content (AvgIpc) is 3.39. The Morgan fingerprint density at radius 2 is 1.29 bits per heavy atom. The number of hydrogen-bond donors (Lipinski definition) is 0. The number of rotatable bonds is 3. The predicted molar refractivity (Wildman–Crippen MR) is 173 cm³/mol. The minimum atomic E-state index is 0.537. The quantitative estimate of drug-likeness (QED) is 0.243. The highest BCUT2D eigenvalue weighted by Crippen LogP contribution is 2.68. The molecule has 0 radical (unpaired) electrons. The molecule has 0 unspecified atom stereocenters. The van der Waals surface area contributed by atoms with Gasteiger partial charge in [0.2, 0.25) is 0 Å². The lowest BCUT2D eigenvalue weighted by Gasteiger charge is -2.60. The average molecular weight is 539 g/mol. The first-order valence-electron chi connectivity index (χ1n) is 16.6. The highest BCUT2D eigenvalue weighted by atomic mass is 14.6. The first-order valence-corrected chi connectivity index (χ1v) is 16.6. The lowest BCUT2D eigenvalue weighted by molar-refractivity contribution is -0.106. The Kier molecular flexibility index (Phi) is 6.21. The van der Waals surface area contributed by atoms with Crippen LogP contribution in [-0.2, 0) is 0 Å². The molecule has 0 aliphatic heterocycles. The minimum absolute atomic E-state index is 0.537. The second-order valence-corrected chi connectivity index (χ2v) is 15.1. The van der Waals surface area contributed by atoms with Crippen molar-refractivity contribution >= 4 is 10.8 Å². The topological polar surface area (TPSA) is 0 Å². The Morgan fingerprint density at radius 3 is 2.12 bits per heavy atom. The van der Waals surface area contributed by atoms with E-state index in [0.717, 1.165) is 35.5 Å². The summed E-state index contributed by atoms with van der Waals surface area (Å²) in [6.45, 7) is 5.42. The lowest BCUT2D eigenvalue weighted by atomic mass is 9.44. The molecule has 0 spiro atoms. The maximum absolute atomic E-state index is 2.74. The minimum Gasteiger partial charge on any atom is -0.0622 e. The Hall–Kier alpha value is -2.86. The molecule has 0 heteroatoms. The third-order valence-electron chi connectivity index (χ3n) is 13.2. The van der Waals surface area contributed by atoms with E-state index in [1.807, 2.05) is 0 Å². The fraction of sp³-hybridized carbons (Fsp3) is 0.463. The molecule has 4 aliphatic rings. The smallest absolute Gasteiger partial charge is 0.0154 e. The van der Waals surface area contributed by atoms with Gasteiger partial charge in [0, 0.05) is 0 Å². The molecule has 210 valence electrons. The Morgan fingerprint density at radius 1 is 0.561 bits per heavy atom. The Balaban J connectivity index is 0.992. The highest BCUT2D eigenvalue weighted by Gasteiger charge is 2.59. The maximum atomic E-state index is 2.74. The highest BCUT2D eigenvalue weighted by molar-refractivity contribution is 5.83. The summed E-state index contributed by atoms with van der Waals surface area (Å²) >= 11 is 0. The van der Waals surface area contributed by atoms with Crippen LogP contribution >= 0.6 is 0 Å². The maximum Gasteiger partial charge on any atom is -0.0154 e. The van der Waals surface area contributed by atoms with E-state index in [2.05, 4.69) is 111 Å². The molecule has 4 fully saturated rings. The summed E-state index contributed by atoms with van der Waals surface area (Å²) in [6, 6.07) is 36.7. The van der Waals surface area contributed by atoms with Crippen LogP contribution in [0.25, 0.3) is 21.9 Å². The summed E-state index contributed by atoms with van der Waals surface area (Å²) < 4.78 is 0. The molecule has 0 nitrogen and oxygen atoms in total. The van der Waals surface area contributed by atoms with Crippen molar-refractivity contribution in [3.05, 3.63) is 108 Å². The molecule has 0 amide bonds. The Labute approximate surface area is 247 Å². The van der Waals surface area contributed by atoms with Gasteiger partial charge in [0.25, 0.3) is 0 Å². The predicted octanol–water partition coefficient (Wildman–Crippen LogP) is 11.4. The van der Waals surface area contributed by atoms with Crippen LogP contribution in [0.2, 0.25) is 0 Å². The Bertz CT molecular complexity index is 1530. The van der Waals surface area contributed by atoms with Crippen molar-refractivity contribution in [2.75, 3.05) is 0 Å². The number of benzene rings is 4. The van der Waals surface area contributed by atoms with Gasteiger partial charge in [-0.2, -0.15) is 0 Å². The van der Waals surface area contributed by atoms with Gasteiger partial charge in [-0.15, -0.1) is 0 Å². The SMILES string of the molecule is C[C@]12CC[C@H]3[C@@H](CC[C@H]4C[C@@H](c5ccc6ccccc6c5)CC[C@@]43C)[C@@H]1C[C@@H](c1ccc(-c3ccccc3)cc1)C2. The van der Waals surface area contributed by atoms with Crippen molar-refractivity contribution in [2.24, 2.45) is 34.5 Å². The van der Waals surface area contributed by atoms with Crippen molar-refractivity contribution in [3.8, 4) is 11.1 Å². The van der Waals surface area contributed by atoms with Gasteiger partial charge >= 0.3 is 0 Å². The van der Waals surface area contributed by atoms with Gasteiger partial charge in [0.1, 0.15) is 0 Å². The molecule has 41 heavy (non-hydrogen) atoms. The van der Waals surface area contributed by atoms with Crippen molar-refractivity contribution in [1.29, 1.82) is 0 Å². The molecular formula is C41H46. The summed E-state index contributed by atoms with van der Waals surface area (Å²) in [7, 11) is 0. The fourth-order valence-electron chi connectivity index (χ4n) is 10.9. The molecule has 0 aromatic heterocycles. The van der Waals surface area contributed by atoms with Crippen LogP contribution in [0.1, 0.15) is 94.6 Å². The summed E-state index contributed by atoms with van der Waals surface area (Å²) in [5, 5.41) is 2.80. The zero-order valence-corrected chi connectivity index (χ0v) is 25.1. The van der Waals surface area contributed by atoms with E-state index in [1.165, 1.54) is 79.7 Å². The van der Waals surface area contributed by atoms with Gasteiger partial charge < -0.3 is 0 Å². The van der Waals surface area contributed by atoms with E-state index in [9.17, 15) is 0 Å². The van der Waals surface area contributed by atoms with E-state index in [4.69, 9.17) is 0 Å². The van der Waals surface area contributed by atoms with Gasteiger partial charge in [-0.05, 0) is 137 Å². The summed E-state index contributed by atoms with van der Waals surface area (Å²) in [5.74, 6) is 5.19. The monoisotopic (exact) mass is 538 g/mol. The molecule has 4 saturated carbocycles. The molecule has 0 saturated heterocycles. The van der Waals surface area contributed by atoms with E-state index in [1.54, 1.807) is 11.1 Å². The van der Waals surface area contributed by atoms with Crippen LogP contribution < -0.4 is 0 Å². The zero-order chi connectivity index (χ0) is 27.6. The lowest BCUT2D eigenvalue weighted by Crippen LogP contribution is -2.52. The van der Waals surface area contributed by atoms with E-state index < -0.39 is 0 Å². The second kappa shape index (κ2) is 9.86. The summed E-state index contributed by atoms with van der Waals surface area (Å²) in [5.41, 5.74) is 6.95. The number of hydrogen-bond acceptors (Lipinski definition) is 0. The van der Waals surface area contributed by atoms with E-state index in [-0.39, 0.29) is 0 Å². The van der Waals surface area contributed by atoms with Crippen molar-refractivity contribution in [3.63, 3.8) is 0 Å². The van der Waals surface area contributed by atoms with Gasteiger partial charge in [0.15, 0.2) is 0 Å². The molecule has 0 heterocycles. The van der Waals surface area contributed by atoms with Crippen LogP contribution in [0.5, 0.6) is 0 Å². The zero-order valence-electron chi connectivity index (χ0n) is 25.1. The van der Waals surface area contributed by atoms with Gasteiger partial charge in [-0.3, -0.25) is 0 Å². The molecule has 4 aliphatic carbocycles. The summed E-state index contributed by atoms with van der Waals surface area (Å²) in [6.07, 6.45) is 12.9. The van der Waals surface area contributed by atoms with Crippen LogP contribution in [-0.4, -0.2) is 0 Å². The van der Waals surface area contributed by atoms with E-state index >= 15 is 0 Å². The first kappa shape index (κ1) is 25.8. The van der Waals surface area contributed by atoms with Gasteiger partial charge in [-0.1, -0.05) is 111 Å². The molecule has 8 rings (SSSR count). The summed E-state index contributed by atoms with van der Waals surface area (Å²) in [4.78, 5) is 0. The van der Waals surface area contributed by atoms with Crippen LogP contribution in [0.15, 0.2) is 97.1 Å². The molecule has 0 bridgehead atoms. The van der Waals surface area contributed by atoms with Crippen molar-refractivity contribution in [1.82, 2.24) is 0 Å². The number of fused-ring (bicyclic) bond motifs is 6. The van der Waals surface area contributed by atoms with Crippen LogP contribution in [0.4, 0.5) is 0 Å². The normalized spacial score (nSPS) is 36.3. The standard InChI is InChI=1S/C41H46/c1-40-22-21-38-37(39(40)26-35(27-40)31-14-12-30(13-15-31)28-8-4-3-5-9-28)19-18-36-25-34(20-23-41(36,38)2)33-17-16-29-10-6-7-11-32(29)24-33/h3-17,24,34-39H,18-23,25-27H2,1-2H3/t34-,35+,36-,37+,38-,39-,40+,41-/m0/s1. The molecular weight excluding hydrogens is 492 g/mol. The van der Waals surface area contributed by atoms with Crippen molar-refractivity contribution in [2.45, 2.75) is 83.5 Å². The largest absolute Gasteiger partial charge is 0.0622 e. The molecule has 4 aromatic rings. The van der Waals surface area contributed by atoms with Gasteiger partial charge in [-0.25, -0.2) is 0 Å². The van der Waals surface area contributed by atoms with Gasteiger partial charge in [0.05, 0.1) is 0 Å². The molecule has 8 atom stereocenters. The van der Waals surface area contributed by atoms with Crippen LogP contribution in [0.3, 0.4) is 0 Å². The third-order valence-corrected chi connectivity index (χ3v) is 13.2. The van der Waals surface area contributed by atoms with Crippen LogP contribution in [0, 0.1) is 34.5 Å².